The number of Topliss-reactive ketones (excluding diaryl/α,β-unsaturated/α-hetero) is 2. The number of ether oxygens (including phenoxy) is 2. The number of esters is 1. The molecule has 119 heavy (non-hydrogen) atoms. The SMILES string of the molecule is C1CCOC1.CC[C@@H](CC(=O)OCC1c2ccccc2-c2ccccc21)C(=O)N[C@H](CSC(c1ccccc1)(c1ccccc1)c1ccccc1)C(=O)C[C@H](CSC(c1ccccc1)(c1ccccc1)c1ccccc1)C(N)=O.CC[C@@H](N)C(=O)N[C@H](CC)C(=O)C[C@H](CSC(c1ccccc1)(c1ccccc1)c1ccccc1)C(N)=O.N.O. The summed E-state index contributed by atoms with van der Waals surface area (Å²) in [6, 6.07) is 105. The summed E-state index contributed by atoms with van der Waals surface area (Å²) in [6.07, 6.45) is 3.30. The maximum atomic E-state index is 15.3. The fourth-order valence-electron chi connectivity index (χ4n) is 15.4. The van der Waals surface area contributed by atoms with Crippen molar-refractivity contribution in [1.82, 2.24) is 16.8 Å². The number of hydrogen-bond acceptors (Lipinski definition) is 14. The van der Waals surface area contributed by atoms with Crippen LogP contribution >= 0.6 is 35.3 Å². The Morgan fingerprint density at radius 3 is 0.941 bits per heavy atom. The minimum atomic E-state index is -1.08. The fraction of sp³-hybridized carbons (Fsp3) is 0.270. The zero-order valence-corrected chi connectivity index (χ0v) is 70.3. The molecule has 618 valence electrons. The molecule has 1 fully saturated rings. The van der Waals surface area contributed by atoms with Crippen molar-refractivity contribution in [3.05, 3.63) is 383 Å². The maximum absolute atomic E-state index is 15.3. The van der Waals surface area contributed by atoms with Gasteiger partial charge in [-0.15, -0.1) is 35.3 Å². The molecule has 0 saturated carbocycles. The van der Waals surface area contributed by atoms with Crippen LogP contribution in [0.15, 0.2) is 322 Å². The molecule has 0 unspecified atom stereocenters. The van der Waals surface area contributed by atoms with E-state index in [-0.39, 0.29) is 72.4 Å². The molecule has 0 spiro atoms. The molecule has 1 saturated heterocycles. The van der Waals surface area contributed by atoms with Crippen LogP contribution in [0.2, 0.25) is 0 Å². The minimum absolute atomic E-state index is 0. The van der Waals surface area contributed by atoms with Gasteiger partial charge < -0.3 is 48.9 Å². The third kappa shape index (κ3) is 22.9. The van der Waals surface area contributed by atoms with Crippen molar-refractivity contribution >= 4 is 76.5 Å². The molecule has 0 radical (unpaired) electrons. The number of ketones is 2. The highest BCUT2D eigenvalue weighted by molar-refractivity contribution is 8.01. The lowest BCUT2D eigenvalue weighted by molar-refractivity contribution is -0.147. The molecule has 13 N–H and O–H groups in total. The lowest BCUT2D eigenvalue weighted by atomic mass is 9.84. The first kappa shape index (κ1) is 91.9. The van der Waals surface area contributed by atoms with E-state index in [2.05, 4.69) is 144 Å². The van der Waals surface area contributed by atoms with E-state index in [1.165, 1.54) is 12.8 Å². The van der Waals surface area contributed by atoms with Gasteiger partial charge in [-0.2, -0.15) is 0 Å². The van der Waals surface area contributed by atoms with Crippen LogP contribution in [0.1, 0.15) is 139 Å². The van der Waals surface area contributed by atoms with Gasteiger partial charge in [-0.25, -0.2) is 0 Å². The van der Waals surface area contributed by atoms with E-state index in [4.69, 9.17) is 26.7 Å². The normalized spacial score (nSPS) is 13.7. The van der Waals surface area contributed by atoms with Crippen LogP contribution < -0.4 is 34.0 Å². The summed E-state index contributed by atoms with van der Waals surface area (Å²) >= 11 is 4.70. The summed E-state index contributed by atoms with van der Waals surface area (Å²) in [5, 5.41) is 5.88. The van der Waals surface area contributed by atoms with Crippen molar-refractivity contribution in [2.45, 2.75) is 110 Å². The molecule has 4 amide bonds. The minimum Gasteiger partial charge on any atom is -0.465 e. The molecule has 1 aliphatic heterocycles. The number of primary amides is 2. The Balaban J connectivity index is 0.000000300. The number of carbonyl (C=O) groups excluding carboxylic acids is 7. The summed E-state index contributed by atoms with van der Waals surface area (Å²) in [6.45, 7) is 7.62. The fourth-order valence-corrected chi connectivity index (χ4v) is 20.3. The van der Waals surface area contributed by atoms with Crippen LogP contribution in [0.5, 0.6) is 0 Å². The number of nitrogens with two attached hydrogens (primary N) is 3. The molecule has 19 heteroatoms. The molecule has 1 heterocycles. The molecule has 13 rings (SSSR count). The third-order valence-electron chi connectivity index (χ3n) is 21.9. The summed E-state index contributed by atoms with van der Waals surface area (Å²) in [7, 11) is 0. The van der Waals surface area contributed by atoms with Crippen LogP contribution in [0.25, 0.3) is 11.1 Å². The largest absolute Gasteiger partial charge is 0.465 e. The number of thioether (sulfide) groups is 3. The second kappa shape index (κ2) is 45.8. The molecular formula is C100H110N6O10S3. The molecule has 6 atom stereocenters. The molecule has 11 aromatic carbocycles. The van der Waals surface area contributed by atoms with E-state index < -0.39 is 73.8 Å². The molecule has 2 aliphatic rings. The average molecular weight is 1650 g/mol. The van der Waals surface area contributed by atoms with Gasteiger partial charge >= 0.3 is 5.97 Å². The Hall–Kier alpha value is -11.0. The number of rotatable bonds is 37. The van der Waals surface area contributed by atoms with Gasteiger partial charge in [0.1, 0.15) is 6.61 Å². The molecule has 11 aromatic rings. The highest BCUT2D eigenvalue weighted by atomic mass is 32.2. The number of amides is 4. The van der Waals surface area contributed by atoms with E-state index in [1.807, 2.05) is 209 Å². The Kier molecular flexibility index (Phi) is 35.4. The second-order valence-electron chi connectivity index (χ2n) is 29.4. The molecule has 0 bridgehead atoms. The van der Waals surface area contributed by atoms with Crippen molar-refractivity contribution in [3.63, 3.8) is 0 Å². The van der Waals surface area contributed by atoms with Crippen LogP contribution in [0.4, 0.5) is 0 Å². The van der Waals surface area contributed by atoms with Crippen LogP contribution in [0.3, 0.4) is 0 Å². The van der Waals surface area contributed by atoms with E-state index in [1.54, 1.807) is 35.3 Å². The lowest BCUT2D eigenvalue weighted by Crippen LogP contribution is -2.48. The predicted octanol–water partition coefficient (Wildman–Crippen LogP) is 17.3. The summed E-state index contributed by atoms with van der Waals surface area (Å²) in [5.74, 6) is -4.90. The molecule has 0 aromatic heterocycles. The highest BCUT2D eigenvalue weighted by Crippen LogP contribution is 2.53. The zero-order valence-electron chi connectivity index (χ0n) is 67.9. The summed E-state index contributed by atoms with van der Waals surface area (Å²) in [5.41, 5.74) is 31.6. The number of nitrogens with one attached hydrogen (secondary N) is 2. The third-order valence-corrected chi connectivity index (χ3v) is 26.9. The van der Waals surface area contributed by atoms with E-state index in [9.17, 15) is 28.8 Å². The van der Waals surface area contributed by atoms with E-state index in [0.29, 0.717) is 25.0 Å². The second-order valence-corrected chi connectivity index (χ2v) is 33.1. The van der Waals surface area contributed by atoms with Gasteiger partial charge in [0.15, 0.2) is 11.6 Å². The Morgan fingerprint density at radius 2 is 0.664 bits per heavy atom. The van der Waals surface area contributed by atoms with Gasteiger partial charge in [0.05, 0.1) is 50.6 Å². The predicted molar refractivity (Wildman–Crippen MR) is 484 cm³/mol. The number of hydrogen-bond donors (Lipinski definition) is 6. The Labute approximate surface area is 713 Å². The van der Waals surface area contributed by atoms with Crippen LogP contribution in [-0.2, 0) is 57.3 Å². The molecule has 16 nitrogen and oxygen atoms in total. The quantitative estimate of drug-likeness (QED) is 0.0156. The molecule has 1 aliphatic carbocycles. The van der Waals surface area contributed by atoms with E-state index in [0.717, 1.165) is 85.5 Å². The van der Waals surface area contributed by atoms with Gasteiger partial charge in [0.25, 0.3) is 0 Å². The highest BCUT2D eigenvalue weighted by Gasteiger charge is 2.44. The topological polar surface area (TPSA) is 307 Å². The number of fused-ring (bicyclic) bond motifs is 3. The van der Waals surface area contributed by atoms with Crippen molar-refractivity contribution in [1.29, 1.82) is 0 Å². The first-order valence-corrected chi connectivity index (χ1v) is 43.3. The van der Waals surface area contributed by atoms with Gasteiger partial charge in [0.2, 0.25) is 23.6 Å². The first-order valence-electron chi connectivity index (χ1n) is 40.4. The monoisotopic (exact) mass is 1650 g/mol. The maximum Gasteiger partial charge on any atom is 0.306 e. The van der Waals surface area contributed by atoms with Gasteiger partial charge in [-0.1, -0.05) is 342 Å². The zero-order chi connectivity index (χ0) is 82.4. The van der Waals surface area contributed by atoms with Crippen molar-refractivity contribution in [2.24, 2.45) is 35.0 Å². The van der Waals surface area contributed by atoms with Crippen molar-refractivity contribution in [2.75, 3.05) is 37.1 Å². The molecular weight excluding hydrogens is 1540 g/mol. The van der Waals surface area contributed by atoms with Gasteiger partial charge in [0, 0.05) is 55.1 Å². The van der Waals surface area contributed by atoms with E-state index >= 15 is 4.79 Å². The van der Waals surface area contributed by atoms with Crippen molar-refractivity contribution in [3.8, 4) is 11.1 Å². The van der Waals surface area contributed by atoms with Crippen LogP contribution in [-0.4, -0.2) is 102 Å². The Morgan fingerprint density at radius 1 is 0.378 bits per heavy atom. The van der Waals surface area contributed by atoms with Crippen molar-refractivity contribution < 1.29 is 48.5 Å². The summed E-state index contributed by atoms with van der Waals surface area (Å²) in [4.78, 5) is 95.7. The number of carbonyl (C=O) groups is 7. The average Bonchev–Trinajstić information content (AvgIpc) is 1.75. The standard InChI is InChI=1S/C65H60N2O5S2.C31H37N3O3S.C4H8O.H3N.H2O/c1-2-46(42-61(69)72-43-58-56-39-23-21-37-54(56)55-38-22-24-40-57(55)58)63(71)67-59(45-74-65(51-31-15-6-16-32-51,52-33-17-7-18-34-52)53-35-19-8-20-36-53)60(68)41-47(62(66)70)44-73-64(48-25-9-3-10-26-48,49-27-11-4-12-28-49)50-29-13-5-14-30-50;1-3-26(32)30(37)34-27(4-2)28(35)20-22(29(33)36)21-38-31(23-14-8-5-9-15-23,24-16-10-6-11-17-24)25-18-12-7-13-19-25;1-2-4-5-3-1;;/h3-40,46-47,58-59H,2,41-45H2,1H3,(H2,66,70)(H,67,71);5-19,22,26-27H,3-4,20-21,32H2,1-2H3,(H2,33,36)(H,34,37);1-4H2;1H3;1H2/t46-,47+,59+;22-,26-,27-;;;/m01.../s1. The Bertz CT molecular complexity index is 4650. The lowest BCUT2D eigenvalue weighted by Gasteiger charge is -2.37. The smallest absolute Gasteiger partial charge is 0.306 e. The van der Waals surface area contributed by atoms with Gasteiger partial charge in [-0.3, -0.25) is 33.6 Å². The summed E-state index contributed by atoms with van der Waals surface area (Å²) < 4.78 is 8.72. The van der Waals surface area contributed by atoms with Gasteiger partial charge in [-0.05, 0) is 104 Å². The number of benzene rings is 11. The van der Waals surface area contributed by atoms with Crippen LogP contribution in [0, 0.1) is 17.8 Å². The first-order chi connectivity index (χ1) is 57.1.